The Balaban J connectivity index is 1.52. The van der Waals surface area contributed by atoms with Gasteiger partial charge in [-0.25, -0.2) is 9.97 Å². The number of halogens is 1. The van der Waals surface area contributed by atoms with E-state index in [1.54, 1.807) is 32.2 Å². The fourth-order valence-corrected chi connectivity index (χ4v) is 4.27. The first-order chi connectivity index (χ1) is 14.5. The van der Waals surface area contributed by atoms with Gasteiger partial charge in [0, 0.05) is 32.7 Å². The number of nitrogens with zero attached hydrogens (tertiary/aromatic N) is 4. The molecule has 0 N–H and O–H groups in total. The van der Waals surface area contributed by atoms with Crippen LogP contribution in [-0.2, 0) is 11.2 Å². The van der Waals surface area contributed by atoms with Crippen LogP contribution in [0.3, 0.4) is 0 Å². The highest BCUT2D eigenvalue weighted by molar-refractivity contribution is 7.99. The third-order valence-corrected chi connectivity index (χ3v) is 6.05. The van der Waals surface area contributed by atoms with Crippen molar-refractivity contribution in [1.82, 2.24) is 14.9 Å². The summed E-state index contributed by atoms with van der Waals surface area (Å²) in [5.74, 6) is 2.50. The van der Waals surface area contributed by atoms with Gasteiger partial charge >= 0.3 is 0 Å². The molecule has 1 aromatic heterocycles. The predicted molar refractivity (Wildman–Crippen MR) is 120 cm³/mol. The Morgan fingerprint density at radius 2 is 1.90 bits per heavy atom. The number of amides is 1. The SMILES string of the molecule is COc1ccc(CCN(C)C(=O)CSc2nc(Cl)cc(N3CCCC3)n2)cc1OC. The molecule has 1 aromatic carbocycles. The lowest BCUT2D eigenvalue weighted by Gasteiger charge is -2.18. The highest BCUT2D eigenvalue weighted by atomic mass is 35.5. The quantitative estimate of drug-likeness (QED) is 0.329. The number of hydrogen-bond acceptors (Lipinski definition) is 7. The third kappa shape index (κ3) is 5.92. The normalized spacial score (nSPS) is 13.4. The summed E-state index contributed by atoms with van der Waals surface area (Å²) in [6.45, 7) is 2.56. The summed E-state index contributed by atoms with van der Waals surface area (Å²) in [4.78, 5) is 25.3. The summed E-state index contributed by atoms with van der Waals surface area (Å²) in [6, 6.07) is 7.58. The second-order valence-corrected chi connectivity index (χ2v) is 8.40. The van der Waals surface area contributed by atoms with E-state index in [-0.39, 0.29) is 11.7 Å². The van der Waals surface area contributed by atoms with Gasteiger partial charge in [-0.05, 0) is 37.0 Å². The zero-order valence-electron chi connectivity index (χ0n) is 17.6. The first-order valence-corrected chi connectivity index (χ1v) is 11.2. The van der Waals surface area contributed by atoms with E-state index < -0.39 is 0 Å². The van der Waals surface area contributed by atoms with E-state index >= 15 is 0 Å². The number of anilines is 1. The van der Waals surface area contributed by atoms with Gasteiger partial charge in [0.05, 0.1) is 20.0 Å². The second-order valence-electron chi connectivity index (χ2n) is 7.07. The molecule has 7 nitrogen and oxygen atoms in total. The highest BCUT2D eigenvalue weighted by Crippen LogP contribution is 2.28. The molecule has 1 saturated heterocycles. The second kappa shape index (κ2) is 10.7. The van der Waals surface area contributed by atoms with Crippen molar-refractivity contribution in [3.05, 3.63) is 35.0 Å². The van der Waals surface area contributed by atoms with E-state index in [4.69, 9.17) is 21.1 Å². The van der Waals surface area contributed by atoms with Crippen molar-refractivity contribution in [3.63, 3.8) is 0 Å². The summed E-state index contributed by atoms with van der Waals surface area (Å²) in [7, 11) is 5.03. The molecule has 0 aliphatic carbocycles. The maximum absolute atomic E-state index is 12.5. The molecule has 0 saturated carbocycles. The Bertz CT molecular complexity index is 877. The molecule has 1 amide bonds. The van der Waals surface area contributed by atoms with Crippen LogP contribution in [0.5, 0.6) is 11.5 Å². The number of hydrogen-bond donors (Lipinski definition) is 0. The van der Waals surface area contributed by atoms with E-state index in [9.17, 15) is 4.79 Å². The average molecular weight is 451 g/mol. The van der Waals surface area contributed by atoms with Crippen molar-refractivity contribution in [2.45, 2.75) is 24.4 Å². The van der Waals surface area contributed by atoms with E-state index in [1.165, 1.54) is 11.8 Å². The van der Waals surface area contributed by atoms with Gasteiger partial charge in [-0.1, -0.05) is 29.4 Å². The van der Waals surface area contributed by atoms with E-state index in [0.29, 0.717) is 28.4 Å². The molecule has 0 unspecified atom stereocenters. The molecular weight excluding hydrogens is 424 g/mol. The molecule has 0 atom stereocenters. The number of thioether (sulfide) groups is 1. The third-order valence-electron chi connectivity index (χ3n) is 5.03. The molecule has 0 bridgehead atoms. The lowest BCUT2D eigenvalue weighted by Crippen LogP contribution is -2.30. The van der Waals surface area contributed by atoms with Crippen LogP contribution < -0.4 is 14.4 Å². The molecule has 162 valence electrons. The molecule has 2 aromatic rings. The number of ether oxygens (including phenoxy) is 2. The van der Waals surface area contributed by atoms with Gasteiger partial charge in [0.2, 0.25) is 5.91 Å². The minimum atomic E-state index is 0.0202. The number of likely N-dealkylation sites (N-methyl/N-ethyl adjacent to an activating group) is 1. The van der Waals surface area contributed by atoms with Crippen molar-refractivity contribution in [2.24, 2.45) is 0 Å². The number of rotatable bonds is 9. The lowest BCUT2D eigenvalue weighted by atomic mass is 10.1. The van der Waals surface area contributed by atoms with Crippen molar-refractivity contribution in [1.29, 1.82) is 0 Å². The van der Waals surface area contributed by atoms with Crippen molar-refractivity contribution < 1.29 is 14.3 Å². The Morgan fingerprint density at radius 3 is 2.60 bits per heavy atom. The van der Waals surface area contributed by atoms with Crippen LogP contribution >= 0.6 is 23.4 Å². The van der Waals surface area contributed by atoms with Gasteiger partial charge in [0.15, 0.2) is 16.7 Å². The first kappa shape index (κ1) is 22.5. The smallest absolute Gasteiger partial charge is 0.232 e. The largest absolute Gasteiger partial charge is 0.493 e. The Labute approximate surface area is 186 Å². The van der Waals surface area contributed by atoms with Crippen LogP contribution in [-0.4, -0.2) is 67.4 Å². The molecule has 0 spiro atoms. The van der Waals surface area contributed by atoms with E-state index in [2.05, 4.69) is 14.9 Å². The molecular formula is C21H27ClN4O3S. The zero-order valence-corrected chi connectivity index (χ0v) is 19.1. The Hall–Kier alpha value is -2.19. The number of carbonyl (C=O) groups is 1. The van der Waals surface area contributed by atoms with Gasteiger partial charge in [-0.15, -0.1) is 0 Å². The summed E-state index contributed by atoms with van der Waals surface area (Å²) in [5, 5.41) is 0.940. The maximum Gasteiger partial charge on any atom is 0.232 e. The topological polar surface area (TPSA) is 67.8 Å². The molecule has 2 heterocycles. The molecule has 1 fully saturated rings. The molecule has 3 rings (SSSR count). The van der Waals surface area contributed by atoms with E-state index in [1.807, 2.05) is 18.2 Å². The van der Waals surface area contributed by atoms with Crippen molar-refractivity contribution in [2.75, 3.05) is 51.6 Å². The summed E-state index contributed by atoms with van der Waals surface area (Å²) in [6.07, 6.45) is 3.04. The van der Waals surface area contributed by atoms with Crippen molar-refractivity contribution >= 4 is 35.1 Å². The van der Waals surface area contributed by atoms with Gasteiger partial charge < -0.3 is 19.3 Å². The number of benzene rings is 1. The van der Waals surface area contributed by atoms with Gasteiger partial charge in [-0.2, -0.15) is 0 Å². The zero-order chi connectivity index (χ0) is 21.5. The van der Waals surface area contributed by atoms with Gasteiger partial charge in [0.1, 0.15) is 11.0 Å². The molecule has 1 aliphatic heterocycles. The lowest BCUT2D eigenvalue weighted by molar-refractivity contribution is -0.127. The fraction of sp³-hybridized carbons (Fsp3) is 0.476. The molecule has 30 heavy (non-hydrogen) atoms. The Kier molecular flexibility index (Phi) is 8.04. The number of carbonyl (C=O) groups excluding carboxylic acids is 1. The van der Waals surface area contributed by atoms with Crippen molar-refractivity contribution in [3.8, 4) is 11.5 Å². The van der Waals surface area contributed by atoms with Crippen LogP contribution in [0.1, 0.15) is 18.4 Å². The summed E-state index contributed by atoms with van der Waals surface area (Å²) >= 11 is 7.48. The van der Waals surface area contributed by atoms with Crippen LogP contribution in [0.4, 0.5) is 5.82 Å². The average Bonchev–Trinajstić information content (AvgIpc) is 3.30. The minimum absolute atomic E-state index is 0.0202. The van der Waals surface area contributed by atoms with Crippen LogP contribution in [0.2, 0.25) is 5.15 Å². The van der Waals surface area contributed by atoms with Crippen LogP contribution in [0.25, 0.3) is 0 Å². The van der Waals surface area contributed by atoms with Gasteiger partial charge in [0.25, 0.3) is 0 Å². The molecule has 9 heteroatoms. The standard InChI is InChI=1S/C21H27ClN4O3S/c1-25(11-8-15-6-7-16(28-2)17(12-15)29-3)20(27)14-30-21-23-18(22)13-19(24-21)26-9-4-5-10-26/h6-7,12-13H,4-5,8-11,14H2,1-3H3. The highest BCUT2D eigenvalue weighted by Gasteiger charge is 2.17. The summed E-state index contributed by atoms with van der Waals surface area (Å²) < 4.78 is 10.6. The monoisotopic (exact) mass is 450 g/mol. The number of methoxy groups -OCH3 is 2. The maximum atomic E-state index is 12.5. The van der Waals surface area contributed by atoms with Crippen LogP contribution in [0, 0.1) is 0 Å². The first-order valence-electron chi connectivity index (χ1n) is 9.87. The predicted octanol–water partition coefficient (Wildman–Crippen LogP) is 3.54. The van der Waals surface area contributed by atoms with Gasteiger partial charge in [-0.3, -0.25) is 4.79 Å². The Morgan fingerprint density at radius 1 is 1.17 bits per heavy atom. The van der Waals surface area contributed by atoms with Crippen LogP contribution in [0.15, 0.2) is 29.4 Å². The fourth-order valence-electron chi connectivity index (χ4n) is 3.25. The minimum Gasteiger partial charge on any atom is -0.493 e. The molecule has 1 aliphatic rings. The number of aromatic nitrogens is 2. The molecule has 0 radical (unpaired) electrons. The van der Waals surface area contributed by atoms with E-state index in [0.717, 1.165) is 43.7 Å². The summed E-state index contributed by atoms with van der Waals surface area (Å²) in [5.41, 5.74) is 1.08.